The van der Waals surface area contributed by atoms with Crippen molar-refractivity contribution in [2.24, 2.45) is 0 Å². The van der Waals surface area contributed by atoms with Gasteiger partial charge in [-0.05, 0) is 25.8 Å². The summed E-state index contributed by atoms with van der Waals surface area (Å²) in [6, 6.07) is 0. The van der Waals surface area contributed by atoms with Crippen LogP contribution in [0, 0.1) is 0 Å². The highest BCUT2D eigenvalue weighted by molar-refractivity contribution is 5.88. The minimum Gasteiger partial charge on any atom is -0.356 e. The van der Waals surface area contributed by atoms with Gasteiger partial charge in [0.25, 0.3) is 0 Å². The molecule has 0 aromatic heterocycles. The molecule has 0 aromatic rings. The average Bonchev–Trinajstić information content (AvgIpc) is 2.73. The number of fused-ring (bicyclic) bond motifs is 1. The highest BCUT2D eigenvalue weighted by Gasteiger charge is 2.61. The first-order valence-corrected chi connectivity index (χ1v) is 6.35. The van der Waals surface area contributed by atoms with Crippen LogP contribution in [-0.4, -0.2) is 39.9 Å². The lowest BCUT2D eigenvalue weighted by Crippen LogP contribution is -2.61. The summed E-state index contributed by atoms with van der Waals surface area (Å²) >= 11 is 0. The Kier molecular flexibility index (Phi) is 2.54. The Morgan fingerprint density at radius 3 is 3.00 bits per heavy atom. The van der Waals surface area contributed by atoms with Crippen molar-refractivity contribution in [1.29, 1.82) is 0 Å². The predicted molar refractivity (Wildman–Crippen MR) is 66.3 cm³/mol. The van der Waals surface area contributed by atoms with Gasteiger partial charge in [-0.2, -0.15) is 0 Å². The van der Waals surface area contributed by atoms with Crippen LogP contribution in [0.25, 0.3) is 0 Å². The van der Waals surface area contributed by atoms with Crippen molar-refractivity contribution >= 4 is 5.91 Å². The Morgan fingerprint density at radius 1 is 1.58 bits per heavy atom. The Morgan fingerprint density at radius 2 is 2.32 bits per heavy atom. The summed E-state index contributed by atoms with van der Waals surface area (Å²) in [6.07, 6.45) is 2.93. The highest BCUT2D eigenvalue weighted by atomic mass is 16.8. The van der Waals surface area contributed by atoms with Gasteiger partial charge in [-0.15, -0.1) is 0 Å². The Balaban J connectivity index is 1.99. The van der Waals surface area contributed by atoms with Gasteiger partial charge in [0.05, 0.1) is 0 Å². The van der Waals surface area contributed by atoms with Crippen LogP contribution in [0.5, 0.6) is 0 Å². The molecule has 104 valence electrons. The van der Waals surface area contributed by atoms with Crippen molar-refractivity contribution in [3.05, 3.63) is 24.4 Å². The van der Waals surface area contributed by atoms with Gasteiger partial charge in [0.2, 0.25) is 12.3 Å². The normalized spacial score (nSPS) is 40.5. The molecule has 2 N–H and O–H groups in total. The van der Waals surface area contributed by atoms with Gasteiger partial charge >= 0.3 is 0 Å². The van der Waals surface area contributed by atoms with Crippen molar-refractivity contribution < 1.29 is 19.4 Å². The number of nitrogens with one attached hydrogen (secondary N) is 1. The molecule has 1 unspecified atom stereocenters. The predicted octanol–water partition coefficient (Wildman–Crippen LogP) is 0.406. The summed E-state index contributed by atoms with van der Waals surface area (Å²) in [4.78, 5) is 12.8. The van der Waals surface area contributed by atoms with Gasteiger partial charge in [0.15, 0.2) is 11.5 Å². The lowest BCUT2D eigenvalue weighted by molar-refractivity contribution is -0.221. The van der Waals surface area contributed by atoms with Crippen LogP contribution in [-0.2, 0) is 14.3 Å². The molecule has 19 heavy (non-hydrogen) atoms. The topological polar surface area (TPSA) is 71.0 Å². The first kappa shape index (κ1) is 12.7. The Bertz CT molecular complexity index is 473. The maximum atomic E-state index is 11.2. The summed E-state index contributed by atoms with van der Waals surface area (Å²) in [5.74, 6) is -1.07. The SMILES string of the molecule is C=C1CC[C@@]2(N3C=CC(=O)NC3O)OC(C)(C)O[C@H]12. The maximum absolute atomic E-state index is 11.2. The van der Waals surface area contributed by atoms with E-state index in [0.29, 0.717) is 6.42 Å². The van der Waals surface area contributed by atoms with Crippen LogP contribution in [0.2, 0.25) is 0 Å². The molecular weight excluding hydrogens is 248 g/mol. The molecule has 3 rings (SSSR count). The van der Waals surface area contributed by atoms with Crippen LogP contribution in [0.1, 0.15) is 26.7 Å². The number of carbonyl (C=O) groups excluding carboxylic acids is 1. The number of aliphatic hydroxyl groups excluding tert-OH is 1. The number of carbonyl (C=O) groups is 1. The van der Waals surface area contributed by atoms with E-state index in [1.807, 2.05) is 13.8 Å². The van der Waals surface area contributed by atoms with Crippen molar-refractivity contribution in [3.63, 3.8) is 0 Å². The molecule has 0 spiro atoms. The van der Waals surface area contributed by atoms with Crippen molar-refractivity contribution in [1.82, 2.24) is 10.2 Å². The van der Waals surface area contributed by atoms with Crippen molar-refractivity contribution in [2.45, 2.75) is 50.7 Å². The summed E-state index contributed by atoms with van der Waals surface area (Å²) in [5, 5.41) is 12.5. The fraction of sp³-hybridized carbons (Fsp3) is 0.615. The molecular formula is C13H18N2O4. The van der Waals surface area contributed by atoms with E-state index >= 15 is 0 Å². The zero-order chi connectivity index (χ0) is 13.8. The van der Waals surface area contributed by atoms with Crippen molar-refractivity contribution in [3.8, 4) is 0 Å². The zero-order valence-electron chi connectivity index (χ0n) is 11.0. The summed E-state index contributed by atoms with van der Waals surface area (Å²) < 4.78 is 12.0. The standard InChI is InChI=1S/C13H18N2O4/c1-8-4-6-13(10(8)18-12(2,3)19-13)15-7-5-9(16)14-11(15)17/h5,7,10-11,17H,1,4,6H2,2-3H3,(H,14,16)/t10-,11?,13-/m1/s1. The molecule has 2 fully saturated rings. The summed E-state index contributed by atoms with van der Waals surface area (Å²) in [7, 11) is 0. The van der Waals surface area contributed by atoms with Gasteiger partial charge in [-0.1, -0.05) is 6.58 Å². The largest absolute Gasteiger partial charge is 0.356 e. The summed E-state index contributed by atoms with van der Waals surface area (Å²) in [5.41, 5.74) is 0.146. The molecule has 0 aromatic carbocycles. The van der Waals surface area contributed by atoms with Gasteiger partial charge in [0, 0.05) is 18.7 Å². The fourth-order valence-electron chi connectivity index (χ4n) is 3.06. The molecule has 6 heteroatoms. The fourth-order valence-corrected chi connectivity index (χ4v) is 3.06. The third kappa shape index (κ3) is 1.79. The number of hydrogen-bond donors (Lipinski definition) is 2. The maximum Gasteiger partial charge on any atom is 0.248 e. The molecule has 1 amide bonds. The molecule has 3 aliphatic rings. The quantitative estimate of drug-likeness (QED) is 0.672. The second-order valence-electron chi connectivity index (χ2n) is 5.61. The van der Waals surface area contributed by atoms with E-state index in [1.54, 1.807) is 11.1 Å². The highest BCUT2D eigenvalue weighted by Crippen LogP contribution is 2.50. The number of ether oxygens (including phenoxy) is 2. The van der Waals surface area contributed by atoms with E-state index < -0.39 is 17.9 Å². The molecule has 1 saturated heterocycles. The first-order chi connectivity index (χ1) is 8.84. The number of amides is 1. The second-order valence-corrected chi connectivity index (χ2v) is 5.61. The van der Waals surface area contributed by atoms with E-state index in [0.717, 1.165) is 12.0 Å². The van der Waals surface area contributed by atoms with Gasteiger partial charge in [-0.25, -0.2) is 0 Å². The number of hydrogen-bond acceptors (Lipinski definition) is 5. The Labute approximate surface area is 111 Å². The zero-order valence-corrected chi connectivity index (χ0v) is 11.0. The second kappa shape index (κ2) is 3.82. The van der Waals surface area contributed by atoms with Crippen LogP contribution in [0.3, 0.4) is 0 Å². The molecule has 1 saturated carbocycles. The minimum atomic E-state index is -1.12. The van der Waals surface area contributed by atoms with Gasteiger partial charge in [-0.3, -0.25) is 4.79 Å². The van der Waals surface area contributed by atoms with E-state index in [4.69, 9.17) is 9.47 Å². The monoisotopic (exact) mass is 266 g/mol. The molecule has 0 bridgehead atoms. The number of rotatable bonds is 1. The third-order valence-corrected chi connectivity index (χ3v) is 3.77. The van der Waals surface area contributed by atoms with E-state index in [9.17, 15) is 9.90 Å². The smallest absolute Gasteiger partial charge is 0.248 e. The number of aliphatic hydroxyl groups is 1. The average molecular weight is 266 g/mol. The molecule has 1 aliphatic carbocycles. The molecule has 6 nitrogen and oxygen atoms in total. The Hall–Kier alpha value is -1.37. The van der Waals surface area contributed by atoms with Crippen LogP contribution in [0.15, 0.2) is 24.4 Å². The van der Waals surface area contributed by atoms with E-state index in [-0.39, 0.29) is 12.0 Å². The minimum absolute atomic E-state index is 0.309. The molecule has 2 aliphatic heterocycles. The van der Waals surface area contributed by atoms with Crippen LogP contribution in [0.4, 0.5) is 0 Å². The molecule has 3 atom stereocenters. The lowest BCUT2D eigenvalue weighted by Gasteiger charge is -2.43. The van der Waals surface area contributed by atoms with Gasteiger partial charge < -0.3 is 24.8 Å². The first-order valence-electron chi connectivity index (χ1n) is 6.35. The third-order valence-electron chi connectivity index (χ3n) is 3.77. The molecule has 2 heterocycles. The van der Waals surface area contributed by atoms with Crippen molar-refractivity contribution in [2.75, 3.05) is 0 Å². The number of nitrogens with zero attached hydrogens (tertiary/aromatic N) is 1. The summed E-state index contributed by atoms with van der Waals surface area (Å²) in [6.45, 7) is 7.68. The lowest BCUT2D eigenvalue weighted by atomic mass is 10.1. The molecule has 0 radical (unpaired) electrons. The van der Waals surface area contributed by atoms with Crippen LogP contribution < -0.4 is 5.32 Å². The van der Waals surface area contributed by atoms with E-state index in [1.165, 1.54) is 6.08 Å². The van der Waals surface area contributed by atoms with Gasteiger partial charge in [0.1, 0.15) is 6.10 Å². The van der Waals surface area contributed by atoms with E-state index in [2.05, 4.69) is 11.9 Å². The van der Waals surface area contributed by atoms with Crippen LogP contribution >= 0.6 is 0 Å².